The predicted octanol–water partition coefficient (Wildman–Crippen LogP) is 15.2. The van der Waals surface area contributed by atoms with Crippen molar-refractivity contribution in [2.75, 3.05) is 0 Å². The minimum Gasteiger partial charge on any atom is -0.457 e. The van der Waals surface area contributed by atoms with E-state index in [-0.39, 0.29) is 10.8 Å². The lowest BCUT2D eigenvalue weighted by atomic mass is 9.82. The van der Waals surface area contributed by atoms with Gasteiger partial charge in [0.15, 0.2) is 0 Å². The molecule has 1 saturated carbocycles. The normalized spacial score (nSPS) is 14.1. The van der Waals surface area contributed by atoms with E-state index in [4.69, 9.17) is 4.74 Å². The highest BCUT2D eigenvalue weighted by atomic mass is 32.2. The minimum absolute atomic E-state index is 0.0859. The summed E-state index contributed by atoms with van der Waals surface area (Å²) in [7, 11) is 0. The van der Waals surface area contributed by atoms with Crippen LogP contribution >= 0.6 is 24.4 Å². The van der Waals surface area contributed by atoms with Crippen LogP contribution in [-0.2, 0) is 28.8 Å². The van der Waals surface area contributed by atoms with E-state index in [1.54, 1.807) is 5.56 Å². The van der Waals surface area contributed by atoms with Crippen molar-refractivity contribution in [3.8, 4) is 11.5 Å². The van der Waals surface area contributed by atoms with Crippen LogP contribution < -0.4 is 4.74 Å². The van der Waals surface area contributed by atoms with Crippen LogP contribution in [0.25, 0.3) is 0 Å². The van der Waals surface area contributed by atoms with Gasteiger partial charge >= 0.3 is 0 Å². The Bertz CT molecular complexity index is 1810. The quantitative estimate of drug-likeness (QED) is 0.142. The summed E-state index contributed by atoms with van der Waals surface area (Å²) in [5, 5.41) is 0.857. The first-order valence-electron chi connectivity index (χ1n) is 20.1. The molecule has 1 aliphatic rings. The average molecular weight is 751 g/mol. The molecule has 1 aliphatic carbocycles. The summed E-state index contributed by atoms with van der Waals surface area (Å²) in [6.07, 6.45) is 9.60. The van der Waals surface area contributed by atoms with E-state index in [2.05, 4.69) is 170 Å². The van der Waals surface area contributed by atoms with Crippen molar-refractivity contribution >= 4 is 24.4 Å². The van der Waals surface area contributed by atoms with Gasteiger partial charge in [0.1, 0.15) is 11.5 Å². The van der Waals surface area contributed by atoms with Crippen LogP contribution in [0.5, 0.6) is 11.5 Å². The Morgan fingerprint density at radius 1 is 0.566 bits per heavy atom. The van der Waals surface area contributed by atoms with Gasteiger partial charge in [0, 0.05) is 16.8 Å². The zero-order valence-electron chi connectivity index (χ0n) is 35.8. The van der Waals surface area contributed by atoms with Gasteiger partial charge in [0.25, 0.3) is 0 Å². The largest absolute Gasteiger partial charge is 0.457 e. The molecule has 53 heavy (non-hydrogen) atoms. The Kier molecular flexibility index (Phi) is 14.9. The number of hydrogen-bond acceptors (Lipinski definition) is 3. The lowest BCUT2D eigenvalue weighted by Crippen LogP contribution is -2.13. The second-order valence-corrected chi connectivity index (χ2v) is 19.7. The maximum Gasteiger partial charge on any atom is 0.130 e. The molecular weight excluding hydrogens is 681 g/mol. The first-order valence-corrected chi connectivity index (χ1v) is 21.8. The summed E-state index contributed by atoms with van der Waals surface area (Å²) in [4.78, 5) is 0. The molecule has 1 nitrogen and oxygen atoms in total. The topological polar surface area (TPSA) is 9.23 Å². The van der Waals surface area contributed by atoms with Crippen molar-refractivity contribution in [1.82, 2.24) is 0 Å². The van der Waals surface area contributed by atoms with E-state index in [1.807, 2.05) is 0 Å². The molecule has 0 bridgehead atoms. The fourth-order valence-corrected chi connectivity index (χ4v) is 9.01. The lowest BCUT2D eigenvalue weighted by Gasteiger charge is -2.24. The van der Waals surface area contributed by atoms with Crippen LogP contribution in [0.4, 0.5) is 0 Å². The molecule has 0 saturated heterocycles. The fraction of sp³-hybridized carbons (Fsp3) is 0.520. The number of thiol groups is 1. The monoisotopic (exact) mass is 750 g/mol. The standard InChI is InChI=1S/C29H42S.C21H28OS/c1-20-14-24(15-21(2)22(20)3)16-25-17-27(29(5,6)7)18-26(23(25)4)19-30-28-12-10-8-9-11-13-28;1-13-8-19(9-14(2)15(13)3)22-20-11-18(21(5,6)7)10-17(12-23)16(20)4/h14-15,17-18,28H,8-13,16,19H2,1-7H3;8-11,23H,12H2,1-7H3. The van der Waals surface area contributed by atoms with Crippen LogP contribution in [0, 0.1) is 55.4 Å². The molecule has 0 aliphatic heterocycles. The number of ether oxygens (including phenoxy) is 1. The Hall–Kier alpha value is -2.62. The molecule has 4 aromatic carbocycles. The molecule has 0 aromatic heterocycles. The van der Waals surface area contributed by atoms with Crippen molar-refractivity contribution in [2.45, 2.75) is 169 Å². The van der Waals surface area contributed by atoms with Crippen molar-refractivity contribution in [2.24, 2.45) is 0 Å². The van der Waals surface area contributed by atoms with Crippen molar-refractivity contribution in [3.05, 3.63) is 126 Å². The highest BCUT2D eigenvalue weighted by Crippen LogP contribution is 2.37. The van der Waals surface area contributed by atoms with Gasteiger partial charge in [-0.05, 0) is 182 Å². The summed E-state index contributed by atoms with van der Waals surface area (Å²) in [6, 6.07) is 18.4. The fourth-order valence-electron chi connectivity index (χ4n) is 7.30. The molecular formula is C50H70OS2. The lowest BCUT2D eigenvalue weighted by molar-refractivity contribution is 0.473. The second-order valence-electron chi connectivity index (χ2n) is 18.1. The molecule has 0 heterocycles. The SMILES string of the molecule is Cc1cc(Cc2cc(C(C)(C)C)cc(CSC3CCCCCC3)c2C)cc(C)c1C.Cc1cc(Oc2cc(C(C)(C)C)cc(CS)c2C)cc(C)c1C. The van der Waals surface area contributed by atoms with Gasteiger partial charge in [0.2, 0.25) is 0 Å². The predicted molar refractivity (Wildman–Crippen MR) is 239 cm³/mol. The van der Waals surface area contributed by atoms with Gasteiger partial charge in [-0.2, -0.15) is 24.4 Å². The van der Waals surface area contributed by atoms with Crippen LogP contribution in [0.2, 0.25) is 0 Å². The number of benzene rings is 4. The highest BCUT2D eigenvalue weighted by molar-refractivity contribution is 7.99. The number of aryl methyl sites for hydroxylation is 4. The molecule has 4 aromatic rings. The van der Waals surface area contributed by atoms with Crippen LogP contribution in [0.1, 0.15) is 158 Å². The number of rotatable bonds is 8. The van der Waals surface area contributed by atoms with Gasteiger partial charge in [-0.15, -0.1) is 0 Å². The number of thioether (sulfide) groups is 1. The minimum atomic E-state index is 0.0859. The van der Waals surface area contributed by atoms with Gasteiger partial charge < -0.3 is 4.74 Å². The van der Waals surface area contributed by atoms with Crippen LogP contribution in [-0.4, -0.2) is 5.25 Å². The zero-order valence-corrected chi connectivity index (χ0v) is 37.5. The zero-order chi connectivity index (χ0) is 39.2. The first kappa shape index (κ1) is 43.1. The van der Waals surface area contributed by atoms with Gasteiger partial charge in [-0.3, -0.25) is 0 Å². The second kappa shape index (κ2) is 18.3. The molecule has 0 atom stereocenters. The van der Waals surface area contributed by atoms with Crippen molar-refractivity contribution < 1.29 is 4.74 Å². The summed E-state index contributed by atoms with van der Waals surface area (Å²) in [6.45, 7) is 31.4. The van der Waals surface area contributed by atoms with E-state index in [1.165, 1.54) is 117 Å². The Balaban J connectivity index is 0.000000245. The third kappa shape index (κ3) is 11.7. The summed E-state index contributed by atoms with van der Waals surface area (Å²) in [5.41, 5.74) is 19.6. The van der Waals surface area contributed by atoms with Crippen LogP contribution in [0.3, 0.4) is 0 Å². The highest BCUT2D eigenvalue weighted by Gasteiger charge is 2.21. The Labute approximate surface area is 334 Å². The Morgan fingerprint density at radius 2 is 1.04 bits per heavy atom. The molecule has 288 valence electrons. The Morgan fingerprint density at radius 3 is 1.55 bits per heavy atom. The molecule has 0 N–H and O–H groups in total. The van der Waals surface area contributed by atoms with Crippen LogP contribution in [0.15, 0.2) is 48.5 Å². The third-order valence-corrected chi connectivity index (χ3v) is 13.5. The average Bonchev–Trinajstić information content (AvgIpc) is 3.35. The van der Waals surface area contributed by atoms with Gasteiger partial charge in [-0.1, -0.05) is 97.6 Å². The molecule has 0 spiro atoms. The van der Waals surface area contributed by atoms with E-state index in [0.717, 1.165) is 28.9 Å². The summed E-state index contributed by atoms with van der Waals surface area (Å²) >= 11 is 6.71. The first-order chi connectivity index (χ1) is 24.8. The molecule has 1 fully saturated rings. The van der Waals surface area contributed by atoms with E-state index >= 15 is 0 Å². The maximum atomic E-state index is 6.27. The molecule has 0 radical (unpaired) electrons. The summed E-state index contributed by atoms with van der Waals surface area (Å²) in [5.74, 6) is 3.73. The van der Waals surface area contributed by atoms with E-state index in [9.17, 15) is 0 Å². The van der Waals surface area contributed by atoms with Crippen molar-refractivity contribution in [3.63, 3.8) is 0 Å². The summed E-state index contributed by atoms with van der Waals surface area (Å²) < 4.78 is 6.27. The molecule has 0 unspecified atom stereocenters. The van der Waals surface area contributed by atoms with E-state index < -0.39 is 0 Å². The maximum absolute atomic E-state index is 6.27. The third-order valence-electron chi connectivity index (χ3n) is 11.8. The van der Waals surface area contributed by atoms with E-state index in [0.29, 0.717) is 0 Å². The molecule has 3 heteroatoms. The molecule has 0 amide bonds. The number of hydrogen-bond donors (Lipinski definition) is 1. The van der Waals surface area contributed by atoms with Gasteiger partial charge in [0.05, 0.1) is 0 Å². The smallest absolute Gasteiger partial charge is 0.130 e. The van der Waals surface area contributed by atoms with Gasteiger partial charge in [-0.25, -0.2) is 0 Å². The molecule has 5 rings (SSSR count). The van der Waals surface area contributed by atoms with Crippen molar-refractivity contribution in [1.29, 1.82) is 0 Å².